The molecule has 19 heavy (non-hydrogen) atoms. The zero-order chi connectivity index (χ0) is 13.4. The van der Waals surface area contributed by atoms with Crippen molar-refractivity contribution in [3.63, 3.8) is 0 Å². The summed E-state index contributed by atoms with van der Waals surface area (Å²) in [5.74, 6) is -0.498. The zero-order valence-corrected chi connectivity index (χ0v) is 11.1. The third-order valence-electron chi connectivity index (χ3n) is 2.98. The lowest BCUT2D eigenvalue weighted by atomic mass is 10.0. The van der Waals surface area contributed by atoms with E-state index in [0.717, 1.165) is 10.5 Å². The van der Waals surface area contributed by atoms with Crippen molar-refractivity contribution in [3.8, 4) is 0 Å². The van der Waals surface area contributed by atoms with Crippen molar-refractivity contribution in [3.05, 3.63) is 58.6 Å². The lowest BCUT2D eigenvalue weighted by Gasteiger charge is -2.03. The Morgan fingerprint density at radius 2 is 2.32 bits per heavy atom. The number of thiazole rings is 1. The molecule has 0 aliphatic carbocycles. The summed E-state index contributed by atoms with van der Waals surface area (Å²) in [6.45, 7) is 1.80. The van der Waals surface area contributed by atoms with E-state index < -0.39 is 0 Å². The highest BCUT2D eigenvalue weighted by molar-refractivity contribution is 7.15. The van der Waals surface area contributed by atoms with Gasteiger partial charge < -0.3 is 0 Å². The maximum Gasteiger partial charge on any atom is 0.193 e. The summed E-state index contributed by atoms with van der Waals surface area (Å²) in [6, 6.07) is 4.27. The first-order valence-electron chi connectivity index (χ1n) is 5.84. The second kappa shape index (κ2) is 4.59. The van der Waals surface area contributed by atoms with Gasteiger partial charge in [0.05, 0.1) is 12.1 Å². The van der Waals surface area contributed by atoms with E-state index in [4.69, 9.17) is 0 Å². The molecule has 1 aromatic carbocycles. The van der Waals surface area contributed by atoms with Gasteiger partial charge in [0.25, 0.3) is 0 Å². The van der Waals surface area contributed by atoms with Crippen LogP contribution in [0.1, 0.15) is 21.6 Å². The molecule has 0 N–H and O–H groups in total. The van der Waals surface area contributed by atoms with Gasteiger partial charge in [-0.15, -0.1) is 11.3 Å². The van der Waals surface area contributed by atoms with E-state index in [1.165, 1.54) is 23.5 Å². The molecule has 2 heterocycles. The van der Waals surface area contributed by atoms with Crippen molar-refractivity contribution in [2.45, 2.75) is 13.3 Å². The van der Waals surface area contributed by atoms with Gasteiger partial charge in [-0.2, -0.15) is 0 Å². The first-order chi connectivity index (χ1) is 9.13. The number of carbonyl (C=O) groups is 1. The second-order valence-corrected chi connectivity index (χ2v) is 5.26. The minimum atomic E-state index is -0.389. The van der Waals surface area contributed by atoms with Crippen LogP contribution in [0.3, 0.4) is 0 Å². The minimum absolute atomic E-state index is 0.109. The van der Waals surface area contributed by atoms with Crippen LogP contribution < -0.4 is 0 Å². The number of aromatic nitrogens is 2. The average Bonchev–Trinajstić information content (AvgIpc) is 2.92. The molecule has 3 rings (SSSR count). The molecule has 0 aliphatic heterocycles. The third kappa shape index (κ3) is 2.29. The summed E-state index contributed by atoms with van der Waals surface area (Å²) < 4.78 is 15.1. The topological polar surface area (TPSA) is 34.4 Å². The number of fused-ring (bicyclic) bond motifs is 1. The van der Waals surface area contributed by atoms with E-state index in [9.17, 15) is 9.18 Å². The number of Topliss-reactive ketones (excluding diaryl/α,β-unsaturated/α-hetero) is 1. The van der Waals surface area contributed by atoms with Crippen molar-refractivity contribution >= 4 is 22.1 Å². The van der Waals surface area contributed by atoms with Crippen LogP contribution in [0.4, 0.5) is 4.39 Å². The Labute approximate surface area is 113 Å². The largest absolute Gasteiger partial charge is 0.297 e. The predicted molar refractivity (Wildman–Crippen MR) is 72.2 cm³/mol. The highest BCUT2D eigenvalue weighted by Gasteiger charge is 2.13. The van der Waals surface area contributed by atoms with E-state index in [2.05, 4.69) is 4.98 Å². The van der Waals surface area contributed by atoms with E-state index in [-0.39, 0.29) is 18.0 Å². The van der Waals surface area contributed by atoms with Gasteiger partial charge in [-0.3, -0.25) is 9.20 Å². The van der Waals surface area contributed by atoms with E-state index in [0.29, 0.717) is 11.3 Å². The lowest BCUT2D eigenvalue weighted by Crippen LogP contribution is -2.06. The number of carbonyl (C=O) groups excluding carboxylic acids is 1. The van der Waals surface area contributed by atoms with Crippen LogP contribution in [-0.2, 0) is 6.42 Å². The summed E-state index contributed by atoms with van der Waals surface area (Å²) >= 11 is 1.52. The van der Waals surface area contributed by atoms with Crippen molar-refractivity contribution in [2.75, 3.05) is 0 Å². The quantitative estimate of drug-likeness (QED) is 0.687. The SMILES string of the molecule is Cc1ccc(F)cc1C(=O)Cc1cn2ccsc2n1. The molecule has 3 nitrogen and oxygen atoms in total. The molecule has 0 amide bonds. The van der Waals surface area contributed by atoms with Crippen molar-refractivity contribution in [1.82, 2.24) is 9.38 Å². The van der Waals surface area contributed by atoms with E-state index >= 15 is 0 Å². The number of halogens is 1. The van der Waals surface area contributed by atoms with Gasteiger partial charge in [0.2, 0.25) is 0 Å². The second-order valence-electron chi connectivity index (χ2n) is 4.38. The Kier molecular flexibility index (Phi) is 2.91. The number of hydrogen-bond donors (Lipinski definition) is 0. The van der Waals surface area contributed by atoms with Crippen LogP contribution in [0.5, 0.6) is 0 Å². The fourth-order valence-corrected chi connectivity index (χ4v) is 2.73. The van der Waals surface area contributed by atoms with Crippen LogP contribution in [0, 0.1) is 12.7 Å². The summed E-state index contributed by atoms with van der Waals surface area (Å²) in [6.07, 6.45) is 3.92. The molecule has 0 unspecified atom stereocenters. The Morgan fingerprint density at radius 3 is 3.11 bits per heavy atom. The predicted octanol–water partition coefficient (Wildman–Crippen LogP) is 3.27. The van der Waals surface area contributed by atoms with Gasteiger partial charge in [-0.25, -0.2) is 9.37 Å². The fourth-order valence-electron chi connectivity index (χ4n) is 2.02. The molecule has 0 atom stereocenters. The lowest BCUT2D eigenvalue weighted by molar-refractivity contribution is 0.0991. The number of rotatable bonds is 3. The Bertz CT molecular complexity index is 731. The first-order valence-corrected chi connectivity index (χ1v) is 6.72. The number of nitrogens with zero attached hydrogens (tertiary/aromatic N) is 2. The summed E-state index contributed by atoms with van der Waals surface area (Å²) in [5.41, 5.74) is 1.92. The van der Waals surface area contributed by atoms with E-state index in [1.54, 1.807) is 13.0 Å². The Morgan fingerprint density at radius 1 is 1.47 bits per heavy atom. The molecule has 96 valence electrons. The summed E-state index contributed by atoms with van der Waals surface area (Å²) in [7, 11) is 0. The molecule has 0 saturated carbocycles. The van der Waals surface area contributed by atoms with Gasteiger partial charge in [0.15, 0.2) is 10.7 Å². The molecule has 0 aliphatic rings. The smallest absolute Gasteiger partial charge is 0.193 e. The summed E-state index contributed by atoms with van der Waals surface area (Å²) in [5, 5.41) is 1.94. The van der Waals surface area contributed by atoms with Crippen LogP contribution >= 0.6 is 11.3 Å². The van der Waals surface area contributed by atoms with Gasteiger partial charge in [-0.05, 0) is 24.6 Å². The normalized spacial score (nSPS) is 11.1. The first kappa shape index (κ1) is 12.0. The van der Waals surface area contributed by atoms with Crippen LogP contribution in [0.2, 0.25) is 0 Å². The van der Waals surface area contributed by atoms with Gasteiger partial charge in [-0.1, -0.05) is 6.07 Å². The number of benzene rings is 1. The van der Waals surface area contributed by atoms with Crippen LogP contribution in [-0.4, -0.2) is 15.2 Å². The number of ketones is 1. The highest BCUT2D eigenvalue weighted by atomic mass is 32.1. The molecule has 0 saturated heterocycles. The minimum Gasteiger partial charge on any atom is -0.297 e. The average molecular weight is 274 g/mol. The molecular weight excluding hydrogens is 263 g/mol. The molecule has 3 aromatic rings. The van der Waals surface area contributed by atoms with Gasteiger partial charge in [0.1, 0.15) is 5.82 Å². The number of imidazole rings is 1. The van der Waals surface area contributed by atoms with E-state index in [1.807, 2.05) is 22.2 Å². The van der Waals surface area contributed by atoms with Crippen LogP contribution in [0.15, 0.2) is 36.0 Å². The highest BCUT2D eigenvalue weighted by Crippen LogP contribution is 2.16. The maximum atomic E-state index is 13.2. The maximum absolute atomic E-state index is 13.2. The third-order valence-corrected chi connectivity index (χ3v) is 3.76. The molecular formula is C14H11FN2OS. The standard InChI is InChI=1S/C14H11FN2OS/c1-9-2-3-10(15)6-12(9)13(18)7-11-8-17-4-5-19-14(17)16-11/h2-6,8H,7H2,1H3. The monoisotopic (exact) mass is 274 g/mol. The van der Waals surface area contributed by atoms with Crippen LogP contribution in [0.25, 0.3) is 4.96 Å². The molecule has 2 aromatic heterocycles. The Balaban J connectivity index is 1.88. The number of hydrogen-bond acceptors (Lipinski definition) is 3. The molecule has 5 heteroatoms. The summed E-state index contributed by atoms with van der Waals surface area (Å²) in [4.78, 5) is 17.4. The van der Waals surface area contributed by atoms with Crippen molar-refractivity contribution in [2.24, 2.45) is 0 Å². The fraction of sp³-hybridized carbons (Fsp3) is 0.143. The Hall–Kier alpha value is -2.01. The van der Waals surface area contributed by atoms with Gasteiger partial charge in [0, 0.05) is 23.3 Å². The molecule has 0 spiro atoms. The molecule has 0 radical (unpaired) electrons. The zero-order valence-electron chi connectivity index (χ0n) is 10.3. The van der Waals surface area contributed by atoms with Crippen molar-refractivity contribution < 1.29 is 9.18 Å². The number of aryl methyl sites for hydroxylation is 1. The van der Waals surface area contributed by atoms with Gasteiger partial charge >= 0.3 is 0 Å². The van der Waals surface area contributed by atoms with Crippen molar-refractivity contribution in [1.29, 1.82) is 0 Å². The molecule has 0 bridgehead atoms. The molecule has 0 fully saturated rings.